The van der Waals surface area contributed by atoms with Crippen LogP contribution in [0.25, 0.3) is 0 Å². The summed E-state index contributed by atoms with van der Waals surface area (Å²) in [5, 5.41) is 19.2. The number of carboxylic acid groups (broad SMARTS) is 2. The summed E-state index contributed by atoms with van der Waals surface area (Å²) in [6.45, 7) is 4.69. The highest BCUT2D eigenvalue weighted by atomic mass is 16.4. The molecule has 6 heteroatoms. The van der Waals surface area contributed by atoms with Gasteiger partial charge in [-0.25, -0.2) is 0 Å². The number of carbonyl (C=O) groups is 2. The van der Waals surface area contributed by atoms with E-state index in [-0.39, 0.29) is 12.6 Å². The molecule has 0 amide bonds. The van der Waals surface area contributed by atoms with Crippen LogP contribution in [-0.4, -0.2) is 64.2 Å². The predicted octanol–water partition coefficient (Wildman–Crippen LogP) is 1.82. The second-order valence-electron chi connectivity index (χ2n) is 7.37. The molecule has 2 aliphatic rings. The van der Waals surface area contributed by atoms with E-state index in [1.54, 1.807) is 0 Å². The molecule has 3 rings (SSSR count). The van der Waals surface area contributed by atoms with Gasteiger partial charge >= 0.3 is 11.9 Å². The molecule has 2 heterocycles. The third kappa shape index (κ3) is 3.55. The van der Waals surface area contributed by atoms with Gasteiger partial charge < -0.3 is 10.2 Å². The van der Waals surface area contributed by atoms with Crippen molar-refractivity contribution in [2.75, 3.05) is 26.2 Å². The summed E-state index contributed by atoms with van der Waals surface area (Å²) in [7, 11) is 0. The molecular weight excluding hydrogens is 320 g/mol. The van der Waals surface area contributed by atoms with Crippen LogP contribution in [-0.2, 0) is 16.1 Å². The monoisotopic (exact) mass is 346 g/mol. The normalized spacial score (nSPS) is 27.6. The van der Waals surface area contributed by atoms with Crippen LogP contribution in [0.1, 0.15) is 30.4 Å². The third-order valence-electron chi connectivity index (χ3n) is 5.79. The number of fused-ring (bicyclic) bond motifs is 1. The zero-order valence-corrected chi connectivity index (χ0v) is 14.6. The number of carboxylic acids is 2. The van der Waals surface area contributed by atoms with E-state index in [0.29, 0.717) is 25.9 Å². The lowest BCUT2D eigenvalue weighted by molar-refractivity contribution is -0.166. The number of aliphatic carboxylic acids is 2. The number of rotatable bonds is 5. The second kappa shape index (κ2) is 7.14. The Labute approximate surface area is 148 Å². The Morgan fingerprint density at radius 3 is 2.68 bits per heavy atom. The summed E-state index contributed by atoms with van der Waals surface area (Å²) >= 11 is 0. The number of nitrogens with zero attached hydrogens (tertiary/aromatic N) is 2. The minimum absolute atomic E-state index is 0.0719. The number of aryl methyl sites for hydroxylation is 1. The van der Waals surface area contributed by atoms with E-state index in [0.717, 1.165) is 19.5 Å². The largest absolute Gasteiger partial charge is 0.481 e. The zero-order chi connectivity index (χ0) is 18.0. The maximum absolute atomic E-state index is 12.2. The van der Waals surface area contributed by atoms with Gasteiger partial charge in [0.2, 0.25) is 0 Å². The molecule has 0 aliphatic carbocycles. The van der Waals surface area contributed by atoms with E-state index in [1.165, 1.54) is 11.1 Å². The molecule has 1 aromatic carbocycles. The fraction of sp³-hybridized carbons (Fsp3) is 0.579. The van der Waals surface area contributed by atoms with Crippen LogP contribution in [0.3, 0.4) is 0 Å². The van der Waals surface area contributed by atoms with Crippen molar-refractivity contribution in [3.63, 3.8) is 0 Å². The highest BCUT2D eigenvalue weighted by Crippen LogP contribution is 2.42. The fourth-order valence-electron chi connectivity index (χ4n) is 4.54. The number of piperidine rings is 2. The number of likely N-dealkylation sites (tertiary alicyclic amines) is 2. The van der Waals surface area contributed by atoms with E-state index in [2.05, 4.69) is 24.0 Å². The standard InChI is InChI=1S/C19H26N2O4/c1-14-5-2-3-6-15(14)11-20-10-7-16-19(13-20,18(24)25)8-4-9-21(16)12-17(22)23/h2-3,5-6,16H,4,7-13H2,1H3,(H,22,23)(H,24,25)/t16-,19+/m1/s1. The van der Waals surface area contributed by atoms with Crippen molar-refractivity contribution < 1.29 is 19.8 Å². The van der Waals surface area contributed by atoms with Crippen molar-refractivity contribution in [1.29, 1.82) is 0 Å². The first-order valence-electron chi connectivity index (χ1n) is 8.88. The highest BCUT2D eigenvalue weighted by molar-refractivity contribution is 5.77. The Morgan fingerprint density at radius 1 is 1.24 bits per heavy atom. The average Bonchev–Trinajstić information content (AvgIpc) is 2.56. The van der Waals surface area contributed by atoms with Crippen molar-refractivity contribution in [3.8, 4) is 0 Å². The lowest BCUT2D eigenvalue weighted by atomic mass is 9.69. The number of hydrogen-bond donors (Lipinski definition) is 2. The molecule has 2 aliphatic heterocycles. The van der Waals surface area contributed by atoms with Crippen molar-refractivity contribution in [2.45, 2.75) is 38.8 Å². The van der Waals surface area contributed by atoms with Crippen molar-refractivity contribution in [1.82, 2.24) is 9.80 Å². The minimum Gasteiger partial charge on any atom is -0.481 e. The molecule has 2 atom stereocenters. The maximum atomic E-state index is 12.2. The lowest BCUT2D eigenvalue weighted by Gasteiger charge is -2.52. The Bertz CT molecular complexity index is 663. The summed E-state index contributed by atoms with van der Waals surface area (Å²) in [5.74, 6) is -1.68. The van der Waals surface area contributed by atoms with Crippen LogP contribution in [0, 0.1) is 12.3 Å². The molecule has 2 fully saturated rings. The van der Waals surface area contributed by atoms with Crippen LogP contribution >= 0.6 is 0 Å². The SMILES string of the molecule is Cc1ccccc1CN1CC[C@H]2N(CC(=O)O)CCC[C@]2(C(=O)O)C1. The van der Waals surface area contributed by atoms with Gasteiger partial charge in [-0.15, -0.1) is 0 Å². The molecule has 2 saturated heterocycles. The van der Waals surface area contributed by atoms with E-state index in [9.17, 15) is 14.7 Å². The van der Waals surface area contributed by atoms with E-state index in [4.69, 9.17) is 5.11 Å². The molecule has 0 bridgehead atoms. The predicted molar refractivity (Wildman–Crippen MR) is 93.4 cm³/mol. The van der Waals surface area contributed by atoms with Crippen LogP contribution < -0.4 is 0 Å². The van der Waals surface area contributed by atoms with Crippen LogP contribution in [0.5, 0.6) is 0 Å². The van der Waals surface area contributed by atoms with Gasteiger partial charge in [0.1, 0.15) is 0 Å². The first kappa shape index (κ1) is 17.9. The second-order valence-corrected chi connectivity index (χ2v) is 7.37. The summed E-state index contributed by atoms with van der Waals surface area (Å²) in [6.07, 6.45) is 2.05. The van der Waals surface area contributed by atoms with E-state index < -0.39 is 17.4 Å². The topological polar surface area (TPSA) is 81.1 Å². The quantitative estimate of drug-likeness (QED) is 0.846. The van der Waals surface area contributed by atoms with Gasteiger partial charge in [0.25, 0.3) is 0 Å². The van der Waals surface area contributed by atoms with Gasteiger partial charge in [0.05, 0.1) is 12.0 Å². The van der Waals surface area contributed by atoms with Gasteiger partial charge in [-0.1, -0.05) is 24.3 Å². The van der Waals surface area contributed by atoms with E-state index in [1.807, 2.05) is 17.0 Å². The molecule has 6 nitrogen and oxygen atoms in total. The molecule has 25 heavy (non-hydrogen) atoms. The lowest BCUT2D eigenvalue weighted by Crippen LogP contribution is -2.64. The van der Waals surface area contributed by atoms with Crippen molar-refractivity contribution in [2.24, 2.45) is 5.41 Å². The summed E-state index contributed by atoms with van der Waals surface area (Å²) in [4.78, 5) is 27.5. The zero-order valence-electron chi connectivity index (χ0n) is 14.6. The van der Waals surface area contributed by atoms with Gasteiger partial charge in [0, 0.05) is 25.7 Å². The van der Waals surface area contributed by atoms with Crippen molar-refractivity contribution in [3.05, 3.63) is 35.4 Å². The Balaban J connectivity index is 1.80. The van der Waals surface area contributed by atoms with Gasteiger partial charge in [-0.3, -0.25) is 19.4 Å². The third-order valence-corrected chi connectivity index (χ3v) is 5.79. The molecule has 136 valence electrons. The molecule has 0 aromatic heterocycles. The number of benzene rings is 1. The Morgan fingerprint density at radius 2 is 2.00 bits per heavy atom. The van der Waals surface area contributed by atoms with Crippen LogP contribution in [0.2, 0.25) is 0 Å². The minimum atomic E-state index is -0.886. The fourth-order valence-corrected chi connectivity index (χ4v) is 4.54. The first-order chi connectivity index (χ1) is 11.9. The molecule has 0 spiro atoms. The van der Waals surface area contributed by atoms with Gasteiger partial charge in [-0.05, 0) is 43.9 Å². The molecular formula is C19H26N2O4. The van der Waals surface area contributed by atoms with Gasteiger partial charge in [0.15, 0.2) is 0 Å². The van der Waals surface area contributed by atoms with Crippen LogP contribution in [0.4, 0.5) is 0 Å². The Kier molecular flexibility index (Phi) is 5.11. The summed E-state index contributed by atoms with van der Waals surface area (Å²) in [6, 6.07) is 7.99. The molecule has 0 unspecified atom stereocenters. The molecule has 1 aromatic rings. The molecule has 0 radical (unpaired) electrons. The van der Waals surface area contributed by atoms with Gasteiger partial charge in [-0.2, -0.15) is 0 Å². The highest BCUT2D eigenvalue weighted by Gasteiger charge is 2.53. The maximum Gasteiger partial charge on any atom is 0.317 e. The van der Waals surface area contributed by atoms with E-state index >= 15 is 0 Å². The summed E-state index contributed by atoms with van der Waals surface area (Å²) < 4.78 is 0. The summed E-state index contributed by atoms with van der Waals surface area (Å²) in [5.41, 5.74) is 1.57. The number of hydrogen-bond acceptors (Lipinski definition) is 4. The Hall–Kier alpha value is -1.92. The van der Waals surface area contributed by atoms with Crippen LogP contribution in [0.15, 0.2) is 24.3 Å². The first-order valence-corrected chi connectivity index (χ1v) is 8.88. The molecule has 2 N–H and O–H groups in total. The average molecular weight is 346 g/mol. The smallest absolute Gasteiger partial charge is 0.317 e. The molecule has 0 saturated carbocycles. The van der Waals surface area contributed by atoms with Crippen molar-refractivity contribution >= 4 is 11.9 Å².